The van der Waals surface area contributed by atoms with Gasteiger partial charge in [-0.2, -0.15) is 11.8 Å². The Labute approximate surface area is 140 Å². The summed E-state index contributed by atoms with van der Waals surface area (Å²) in [6.45, 7) is 3.90. The number of nitrogens with one attached hydrogen (secondary N) is 2. The molecule has 1 fully saturated rings. The molecular weight excluding hydrogens is 320 g/mol. The topological polar surface area (TPSA) is 49.3 Å². The minimum atomic E-state index is 0.575. The van der Waals surface area contributed by atoms with Crippen LogP contribution in [0, 0.1) is 0 Å². The van der Waals surface area contributed by atoms with E-state index in [1.165, 1.54) is 24.3 Å². The lowest BCUT2D eigenvalue weighted by Gasteiger charge is -2.24. The van der Waals surface area contributed by atoms with Crippen LogP contribution in [0.2, 0.25) is 0 Å². The Hall–Kier alpha value is -0.400. The van der Waals surface area contributed by atoms with Gasteiger partial charge in [0.2, 0.25) is 0 Å². The van der Waals surface area contributed by atoms with Crippen LogP contribution in [0.15, 0.2) is 20.9 Å². The third kappa shape index (κ3) is 6.93. The highest BCUT2D eigenvalue weighted by Crippen LogP contribution is 2.20. The number of hydrogen-bond acceptors (Lipinski definition) is 5. The average molecular weight is 345 g/mol. The van der Waals surface area contributed by atoms with Crippen molar-refractivity contribution in [2.75, 3.05) is 30.3 Å². The van der Waals surface area contributed by atoms with Gasteiger partial charge in [0.15, 0.2) is 5.96 Å². The molecule has 21 heavy (non-hydrogen) atoms. The van der Waals surface area contributed by atoms with Crippen LogP contribution in [0.5, 0.6) is 0 Å². The molecule has 0 spiro atoms. The first-order valence-electron chi connectivity index (χ1n) is 7.53. The number of hydrogen-bond donors (Lipinski definition) is 2. The summed E-state index contributed by atoms with van der Waals surface area (Å²) in [5.41, 5.74) is 0. The molecule has 1 saturated heterocycles. The smallest absolute Gasteiger partial charge is 0.191 e. The maximum absolute atomic E-state index is 4.68. The summed E-state index contributed by atoms with van der Waals surface area (Å²) in [6.07, 6.45) is 5.52. The second-order valence-corrected chi connectivity index (χ2v) is 8.21. The predicted octanol–water partition coefficient (Wildman–Crippen LogP) is 3.08. The minimum absolute atomic E-state index is 0.575. The molecule has 0 aliphatic carbocycles. The molecule has 0 amide bonds. The molecule has 1 aliphatic heterocycles. The lowest BCUT2D eigenvalue weighted by atomic mass is 10.2. The molecule has 7 heteroatoms. The number of nitrogens with zero attached hydrogens (tertiary/aromatic N) is 2. The van der Waals surface area contributed by atoms with E-state index in [9.17, 15) is 0 Å². The van der Waals surface area contributed by atoms with Crippen molar-refractivity contribution in [3.8, 4) is 0 Å². The van der Waals surface area contributed by atoms with Gasteiger partial charge in [-0.3, -0.25) is 4.99 Å². The Morgan fingerprint density at radius 1 is 1.57 bits per heavy atom. The van der Waals surface area contributed by atoms with Gasteiger partial charge < -0.3 is 10.6 Å². The molecule has 118 valence electrons. The van der Waals surface area contributed by atoms with Gasteiger partial charge >= 0.3 is 0 Å². The summed E-state index contributed by atoms with van der Waals surface area (Å²) in [7, 11) is 0. The first kappa shape index (κ1) is 17.0. The van der Waals surface area contributed by atoms with E-state index >= 15 is 0 Å². The van der Waals surface area contributed by atoms with Crippen molar-refractivity contribution in [3.63, 3.8) is 0 Å². The number of aromatic nitrogens is 1. The summed E-state index contributed by atoms with van der Waals surface area (Å²) in [6, 6.07) is 0.575. The Kier molecular flexibility index (Phi) is 8.36. The van der Waals surface area contributed by atoms with Crippen LogP contribution >= 0.6 is 34.9 Å². The molecule has 1 unspecified atom stereocenters. The molecule has 0 radical (unpaired) electrons. The SMILES string of the molecule is CCNC(=NCCCSc1nccs1)NC1CCCSC1. The van der Waals surface area contributed by atoms with Crippen LogP contribution in [0.25, 0.3) is 0 Å². The third-order valence-corrected chi connectivity index (χ3v) is 6.32. The van der Waals surface area contributed by atoms with E-state index in [0.717, 1.165) is 35.6 Å². The zero-order chi connectivity index (χ0) is 14.8. The monoisotopic (exact) mass is 344 g/mol. The molecule has 1 atom stereocenters. The first-order valence-corrected chi connectivity index (χ1v) is 10.6. The summed E-state index contributed by atoms with van der Waals surface area (Å²) >= 11 is 5.57. The Balaban J connectivity index is 1.66. The van der Waals surface area contributed by atoms with Crippen LogP contribution < -0.4 is 10.6 Å². The standard InChI is InChI=1S/C14H24N4S3/c1-2-15-13(18-12-5-3-8-19-11-12)16-6-4-9-20-14-17-7-10-21-14/h7,10,12H,2-6,8-9,11H2,1H3,(H2,15,16,18). The third-order valence-electron chi connectivity index (χ3n) is 3.05. The van der Waals surface area contributed by atoms with E-state index in [1.807, 2.05) is 35.1 Å². The summed E-state index contributed by atoms with van der Waals surface area (Å²) in [5, 5.41) is 8.93. The minimum Gasteiger partial charge on any atom is -0.357 e. The van der Waals surface area contributed by atoms with Crippen molar-refractivity contribution in [1.29, 1.82) is 0 Å². The van der Waals surface area contributed by atoms with E-state index in [-0.39, 0.29) is 0 Å². The maximum Gasteiger partial charge on any atom is 0.191 e. The molecule has 1 aromatic rings. The molecule has 2 rings (SSSR count). The maximum atomic E-state index is 4.68. The lowest BCUT2D eigenvalue weighted by Crippen LogP contribution is -2.45. The molecule has 0 saturated carbocycles. The fourth-order valence-corrected chi connectivity index (χ4v) is 4.77. The predicted molar refractivity (Wildman–Crippen MR) is 96.9 cm³/mol. The molecule has 0 bridgehead atoms. The zero-order valence-electron chi connectivity index (χ0n) is 12.5. The summed E-state index contributed by atoms with van der Waals surface area (Å²) < 4.78 is 1.16. The van der Waals surface area contributed by atoms with Gasteiger partial charge in [-0.1, -0.05) is 11.8 Å². The average Bonchev–Trinajstić information content (AvgIpc) is 3.01. The van der Waals surface area contributed by atoms with E-state index < -0.39 is 0 Å². The van der Waals surface area contributed by atoms with Crippen LogP contribution in [-0.4, -0.2) is 47.3 Å². The molecule has 4 nitrogen and oxygen atoms in total. The van der Waals surface area contributed by atoms with Crippen molar-refractivity contribution in [1.82, 2.24) is 15.6 Å². The Morgan fingerprint density at radius 2 is 2.52 bits per heavy atom. The quantitative estimate of drug-likeness (QED) is 0.344. The number of guanidine groups is 1. The highest BCUT2D eigenvalue weighted by molar-refractivity contribution is 8.01. The van der Waals surface area contributed by atoms with Gasteiger partial charge in [-0.25, -0.2) is 4.98 Å². The van der Waals surface area contributed by atoms with Crippen molar-refractivity contribution >= 4 is 40.8 Å². The molecule has 0 aromatic carbocycles. The molecular formula is C14H24N4S3. The van der Waals surface area contributed by atoms with Crippen LogP contribution in [0.4, 0.5) is 0 Å². The van der Waals surface area contributed by atoms with Crippen molar-refractivity contribution in [2.45, 2.75) is 36.6 Å². The summed E-state index contributed by atoms with van der Waals surface area (Å²) in [5.74, 6) is 4.56. The van der Waals surface area contributed by atoms with Crippen LogP contribution in [-0.2, 0) is 0 Å². The van der Waals surface area contributed by atoms with Crippen LogP contribution in [0.3, 0.4) is 0 Å². The second kappa shape index (κ2) is 10.3. The molecule has 1 aromatic heterocycles. The van der Waals surface area contributed by atoms with Gasteiger partial charge in [-0.15, -0.1) is 11.3 Å². The van der Waals surface area contributed by atoms with E-state index in [2.05, 4.69) is 27.5 Å². The largest absolute Gasteiger partial charge is 0.357 e. The number of aliphatic imine (C=N–C) groups is 1. The van der Waals surface area contributed by atoms with Gasteiger partial charge in [-0.05, 0) is 31.9 Å². The number of thioether (sulfide) groups is 2. The van der Waals surface area contributed by atoms with Gasteiger partial charge in [0, 0.05) is 42.2 Å². The normalized spacial score (nSPS) is 19.5. The van der Waals surface area contributed by atoms with E-state index in [1.54, 1.807) is 11.3 Å². The number of rotatable bonds is 7. The van der Waals surface area contributed by atoms with Gasteiger partial charge in [0.25, 0.3) is 0 Å². The fraction of sp³-hybridized carbons (Fsp3) is 0.714. The molecule has 2 heterocycles. The first-order chi connectivity index (χ1) is 10.4. The van der Waals surface area contributed by atoms with Gasteiger partial charge in [0.05, 0.1) is 0 Å². The molecule has 2 N–H and O–H groups in total. The lowest BCUT2D eigenvalue weighted by molar-refractivity contribution is 0.582. The highest BCUT2D eigenvalue weighted by Gasteiger charge is 2.14. The van der Waals surface area contributed by atoms with E-state index in [0.29, 0.717) is 6.04 Å². The van der Waals surface area contributed by atoms with Crippen molar-refractivity contribution < 1.29 is 0 Å². The van der Waals surface area contributed by atoms with Gasteiger partial charge in [0.1, 0.15) is 4.34 Å². The second-order valence-electron chi connectivity index (χ2n) is 4.82. The zero-order valence-corrected chi connectivity index (χ0v) is 15.0. The summed E-state index contributed by atoms with van der Waals surface area (Å²) in [4.78, 5) is 8.96. The highest BCUT2D eigenvalue weighted by atomic mass is 32.2. The van der Waals surface area contributed by atoms with Crippen molar-refractivity contribution in [3.05, 3.63) is 11.6 Å². The van der Waals surface area contributed by atoms with Crippen LogP contribution in [0.1, 0.15) is 26.2 Å². The Bertz CT molecular complexity index is 402. The molecule has 1 aliphatic rings. The number of thiazole rings is 1. The van der Waals surface area contributed by atoms with Crippen molar-refractivity contribution in [2.24, 2.45) is 4.99 Å². The fourth-order valence-electron chi connectivity index (χ4n) is 2.06. The Morgan fingerprint density at radius 3 is 3.24 bits per heavy atom. The van der Waals surface area contributed by atoms with E-state index in [4.69, 9.17) is 0 Å².